The van der Waals surface area contributed by atoms with Crippen LogP contribution in [0.25, 0.3) is 0 Å². The van der Waals surface area contributed by atoms with Gasteiger partial charge < -0.3 is 5.32 Å². The van der Waals surface area contributed by atoms with Gasteiger partial charge in [-0.3, -0.25) is 0 Å². The Bertz CT molecular complexity index is 128. The molecule has 0 fully saturated rings. The summed E-state index contributed by atoms with van der Waals surface area (Å²) in [5, 5.41) is 2.70. The van der Waals surface area contributed by atoms with E-state index < -0.39 is 12.0 Å². The number of unbranched alkanes of at least 4 members (excludes halogenated alkanes) is 3. The summed E-state index contributed by atoms with van der Waals surface area (Å²) in [6.45, 7) is 3.70. The zero-order valence-electron chi connectivity index (χ0n) is 8.87. The van der Waals surface area contributed by atoms with Crippen molar-refractivity contribution in [3.63, 3.8) is 0 Å². The maximum absolute atomic E-state index is 12.5. The molecule has 1 atom stereocenters. The number of hydrogen-bond acceptors (Lipinski definition) is 1. The molecule has 0 aliphatic carbocycles. The molecule has 0 aliphatic rings. The molecule has 1 nitrogen and oxygen atoms in total. The third-order valence-electron chi connectivity index (χ3n) is 2.60. The van der Waals surface area contributed by atoms with Crippen LogP contribution in [0.2, 0.25) is 0 Å². The van der Waals surface area contributed by atoms with Gasteiger partial charge in [0.15, 0.2) is 0 Å². The lowest BCUT2D eigenvalue weighted by molar-refractivity contribution is 0.0383. The Morgan fingerprint density at radius 3 is 2.23 bits per heavy atom. The second-order valence-corrected chi connectivity index (χ2v) is 3.78. The van der Waals surface area contributed by atoms with Gasteiger partial charge in [0.25, 0.3) is 6.43 Å². The topological polar surface area (TPSA) is 12.0 Å². The summed E-state index contributed by atoms with van der Waals surface area (Å²) in [4.78, 5) is 0. The largest absolute Gasteiger partial charge is 0.310 e. The number of rotatable bonds is 7. The molecule has 0 aromatic heterocycles. The Balaban J connectivity index is 3.71. The summed E-state index contributed by atoms with van der Waals surface area (Å²) in [6.07, 6.45) is 2.50. The minimum atomic E-state index is -2.28. The van der Waals surface area contributed by atoms with Crippen molar-refractivity contribution in [1.29, 1.82) is 0 Å². The van der Waals surface area contributed by atoms with E-state index in [9.17, 15) is 8.78 Å². The zero-order valence-corrected chi connectivity index (χ0v) is 8.87. The molecule has 0 rings (SSSR count). The van der Waals surface area contributed by atoms with Crippen LogP contribution in [0.3, 0.4) is 0 Å². The van der Waals surface area contributed by atoms with E-state index in [-0.39, 0.29) is 0 Å². The molecular weight excluding hydrogens is 172 g/mol. The molecule has 0 bridgehead atoms. The Morgan fingerprint density at radius 1 is 1.23 bits per heavy atom. The molecule has 1 N–H and O–H groups in total. The Morgan fingerprint density at radius 2 is 1.85 bits per heavy atom. The first-order chi connectivity index (χ1) is 6.06. The molecule has 0 saturated carbocycles. The fraction of sp³-hybridized carbons (Fsp3) is 1.00. The summed E-state index contributed by atoms with van der Waals surface area (Å²) < 4.78 is 25.1. The van der Waals surface area contributed by atoms with E-state index in [4.69, 9.17) is 0 Å². The van der Waals surface area contributed by atoms with Gasteiger partial charge in [0.05, 0.1) is 5.54 Å². The van der Waals surface area contributed by atoms with E-state index in [1.807, 2.05) is 0 Å². The summed E-state index contributed by atoms with van der Waals surface area (Å²) in [7, 11) is 1.60. The van der Waals surface area contributed by atoms with Crippen molar-refractivity contribution >= 4 is 0 Å². The van der Waals surface area contributed by atoms with E-state index in [0.29, 0.717) is 6.42 Å². The van der Waals surface area contributed by atoms with E-state index in [0.717, 1.165) is 25.7 Å². The molecule has 13 heavy (non-hydrogen) atoms. The SMILES string of the molecule is CCCCCCC(C)(NC)C(F)F. The molecule has 3 heteroatoms. The highest BCUT2D eigenvalue weighted by Gasteiger charge is 2.32. The highest BCUT2D eigenvalue weighted by atomic mass is 19.3. The van der Waals surface area contributed by atoms with E-state index in [1.165, 1.54) is 0 Å². The summed E-state index contributed by atoms with van der Waals surface area (Å²) in [5.41, 5.74) is -0.992. The van der Waals surface area contributed by atoms with Crippen LogP contribution in [-0.4, -0.2) is 19.0 Å². The lowest BCUT2D eigenvalue weighted by atomic mass is 9.95. The van der Waals surface area contributed by atoms with Gasteiger partial charge in [-0.25, -0.2) is 8.78 Å². The number of hydrogen-bond donors (Lipinski definition) is 1. The van der Waals surface area contributed by atoms with Crippen molar-refractivity contribution in [2.75, 3.05) is 7.05 Å². The van der Waals surface area contributed by atoms with Crippen molar-refractivity contribution in [3.8, 4) is 0 Å². The number of alkyl halides is 2. The van der Waals surface area contributed by atoms with Crippen LogP contribution < -0.4 is 5.32 Å². The van der Waals surface area contributed by atoms with Gasteiger partial charge in [0.1, 0.15) is 0 Å². The van der Waals surface area contributed by atoms with Gasteiger partial charge in [-0.2, -0.15) is 0 Å². The molecule has 0 radical (unpaired) electrons. The Labute approximate surface area is 79.9 Å². The van der Waals surface area contributed by atoms with Crippen molar-refractivity contribution in [3.05, 3.63) is 0 Å². The van der Waals surface area contributed by atoms with E-state index in [2.05, 4.69) is 12.2 Å². The predicted octanol–water partition coefficient (Wildman–Crippen LogP) is 3.20. The second-order valence-electron chi connectivity index (χ2n) is 3.78. The number of nitrogens with one attached hydrogen (secondary N) is 1. The van der Waals surface area contributed by atoms with Gasteiger partial charge in [-0.1, -0.05) is 32.6 Å². The highest BCUT2D eigenvalue weighted by Crippen LogP contribution is 2.22. The minimum Gasteiger partial charge on any atom is -0.310 e. The van der Waals surface area contributed by atoms with Crippen LogP contribution >= 0.6 is 0 Å². The van der Waals surface area contributed by atoms with Crippen LogP contribution in [0, 0.1) is 0 Å². The van der Waals surface area contributed by atoms with Crippen LogP contribution in [0.1, 0.15) is 46.0 Å². The summed E-state index contributed by atoms with van der Waals surface area (Å²) >= 11 is 0. The van der Waals surface area contributed by atoms with Crippen LogP contribution in [0.4, 0.5) is 8.78 Å². The third-order valence-corrected chi connectivity index (χ3v) is 2.60. The molecule has 0 aliphatic heterocycles. The van der Waals surface area contributed by atoms with Crippen molar-refractivity contribution in [2.45, 2.75) is 57.9 Å². The quantitative estimate of drug-likeness (QED) is 0.612. The lowest BCUT2D eigenvalue weighted by Crippen LogP contribution is -2.46. The third kappa shape index (κ3) is 4.55. The van der Waals surface area contributed by atoms with Gasteiger partial charge in [-0.05, 0) is 20.4 Å². The Hall–Kier alpha value is -0.180. The van der Waals surface area contributed by atoms with Gasteiger partial charge in [0.2, 0.25) is 0 Å². The molecule has 80 valence electrons. The average molecular weight is 193 g/mol. The van der Waals surface area contributed by atoms with Crippen LogP contribution in [0.15, 0.2) is 0 Å². The lowest BCUT2D eigenvalue weighted by Gasteiger charge is -2.28. The standard InChI is InChI=1S/C10H21F2N/c1-4-5-6-7-8-10(2,13-3)9(11)12/h9,13H,4-8H2,1-3H3. The van der Waals surface area contributed by atoms with Crippen molar-refractivity contribution in [1.82, 2.24) is 5.32 Å². The van der Waals surface area contributed by atoms with E-state index in [1.54, 1.807) is 14.0 Å². The summed E-state index contributed by atoms with van der Waals surface area (Å²) in [5.74, 6) is 0. The predicted molar refractivity (Wildman–Crippen MR) is 52.2 cm³/mol. The summed E-state index contributed by atoms with van der Waals surface area (Å²) in [6, 6.07) is 0. The van der Waals surface area contributed by atoms with Crippen LogP contribution in [0.5, 0.6) is 0 Å². The first-order valence-corrected chi connectivity index (χ1v) is 5.04. The molecule has 0 spiro atoms. The monoisotopic (exact) mass is 193 g/mol. The first-order valence-electron chi connectivity index (χ1n) is 5.04. The maximum atomic E-state index is 12.5. The fourth-order valence-electron chi connectivity index (χ4n) is 1.26. The smallest absolute Gasteiger partial charge is 0.256 e. The highest BCUT2D eigenvalue weighted by molar-refractivity contribution is 4.83. The fourth-order valence-corrected chi connectivity index (χ4v) is 1.26. The van der Waals surface area contributed by atoms with Gasteiger partial charge in [0, 0.05) is 0 Å². The molecule has 0 heterocycles. The molecular formula is C10H21F2N. The van der Waals surface area contributed by atoms with Crippen molar-refractivity contribution in [2.24, 2.45) is 0 Å². The average Bonchev–Trinajstić information content (AvgIpc) is 2.12. The van der Waals surface area contributed by atoms with Gasteiger partial charge >= 0.3 is 0 Å². The van der Waals surface area contributed by atoms with Gasteiger partial charge in [-0.15, -0.1) is 0 Å². The molecule has 1 unspecified atom stereocenters. The normalized spacial score (nSPS) is 16.2. The minimum absolute atomic E-state index is 0.557. The Kier molecular flexibility index (Phi) is 6.21. The van der Waals surface area contributed by atoms with E-state index >= 15 is 0 Å². The molecule has 0 saturated heterocycles. The molecule has 0 aromatic rings. The molecule has 0 aromatic carbocycles. The zero-order chi connectivity index (χ0) is 10.3. The van der Waals surface area contributed by atoms with Crippen LogP contribution in [-0.2, 0) is 0 Å². The molecule has 0 amide bonds. The first kappa shape index (κ1) is 12.8. The second kappa shape index (κ2) is 6.30. The maximum Gasteiger partial charge on any atom is 0.256 e. The number of halogens is 2. The van der Waals surface area contributed by atoms with Crippen molar-refractivity contribution < 1.29 is 8.78 Å².